The molecule has 0 aromatic carbocycles. The van der Waals surface area contributed by atoms with Gasteiger partial charge in [-0.3, -0.25) is 0 Å². The van der Waals surface area contributed by atoms with Crippen LogP contribution in [-0.4, -0.2) is 24.3 Å². The minimum atomic E-state index is -0.924. The number of esters is 1. The van der Waals surface area contributed by atoms with E-state index in [4.69, 9.17) is 0 Å². The molecule has 0 aromatic rings. The van der Waals surface area contributed by atoms with E-state index in [9.17, 15) is 9.90 Å². The second-order valence-electron chi connectivity index (χ2n) is 3.24. The lowest BCUT2D eigenvalue weighted by atomic mass is 10.1. The van der Waals surface area contributed by atoms with E-state index >= 15 is 0 Å². The average Bonchev–Trinajstić information content (AvgIpc) is 2.16. The van der Waals surface area contributed by atoms with Gasteiger partial charge in [0, 0.05) is 0 Å². The molecular formula is C10H20O3. The molecule has 3 heteroatoms. The highest BCUT2D eigenvalue weighted by atomic mass is 16.5. The van der Waals surface area contributed by atoms with Gasteiger partial charge in [0.25, 0.3) is 0 Å². The predicted molar refractivity (Wildman–Crippen MR) is 51.4 cm³/mol. The summed E-state index contributed by atoms with van der Waals surface area (Å²) < 4.78 is 4.40. The summed E-state index contributed by atoms with van der Waals surface area (Å²) in [6.45, 7) is 2.16. The first kappa shape index (κ1) is 12.4. The Morgan fingerprint density at radius 3 is 2.46 bits per heavy atom. The van der Waals surface area contributed by atoms with Crippen LogP contribution in [0, 0.1) is 0 Å². The molecular weight excluding hydrogens is 168 g/mol. The van der Waals surface area contributed by atoms with Crippen molar-refractivity contribution in [3.05, 3.63) is 0 Å². The van der Waals surface area contributed by atoms with E-state index in [0.29, 0.717) is 6.42 Å². The van der Waals surface area contributed by atoms with Gasteiger partial charge in [0.15, 0.2) is 6.10 Å². The van der Waals surface area contributed by atoms with Crippen LogP contribution in [-0.2, 0) is 9.53 Å². The molecule has 0 saturated carbocycles. The molecule has 3 nitrogen and oxygen atoms in total. The smallest absolute Gasteiger partial charge is 0.334 e. The van der Waals surface area contributed by atoms with E-state index in [1.807, 2.05) is 0 Å². The standard InChI is InChI=1S/C10H20O3/c1-3-4-5-6-7-8-9(11)10(12)13-2/h9,11H,3-8H2,1-2H3/t9-/m0/s1. The van der Waals surface area contributed by atoms with Crippen molar-refractivity contribution in [1.82, 2.24) is 0 Å². The Balaban J connectivity index is 3.26. The first-order valence-electron chi connectivity index (χ1n) is 4.98. The maximum atomic E-state index is 10.8. The number of methoxy groups -OCH3 is 1. The largest absolute Gasteiger partial charge is 0.467 e. The van der Waals surface area contributed by atoms with Crippen molar-refractivity contribution >= 4 is 5.97 Å². The number of carbonyl (C=O) groups excluding carboxylic acids is 1. The fraction of sp³-hybridized carbons (Fsp3) is 0.900. The maximum absolute atomic E-state index is 10.8. The monoisotopic (exact) mass is 188 g/mol. The van der Waals surface area contributed by atoms with E-state index in [1.54, 1.807) is 0 Å². The van der Waals surface area contributed by atoms with E-state index in [2.05, 4.69) is 11.7 Å². The number of aliphatic hydroxyl groups is 1. The molecule has 0 radical (unpaired) electrons. The van der Waals surface area contributed by atoms with Crippen molar-refractivity contribution in [3.63, 3.8) is 0 Å². The summed E-state index contributed by atoms with van der Waals surface area (Å²) >= 11 is 0. The summed E-state index contributed by atoms with van der Waals surface area (Å²) in [5, 5.41) is 9.20. The molecule has 0 spiro atoms. The SMILES string of the molecule is CCCCCCC[C@H](O)C(=O)OC. The number of carbonyl (C=O) groups is 1. The van der Waals surface area contributed by atoms with Gasteiger partial charge in [0.2, 0.25) is 0 Å². The van der Waals surface area contributed by atoms with Crippen molar-refractivity contribution in [3.8, 4) is 0 Å². The Kier molecular flexibility index (Phi) is 7.69. The molecule has 78 valence electrons. The predicted octanol–water partition coefficient (Wildman–Crippen LogP) is 1.88. The van der Waals surface area contributed by atoms with Gasteiger partial charge in [0.05, 0.1) is 7.11 Å². The van der Waals surface area contributed by atoms with Gasteiger partial charge in [-0.15, -0.1) is 0 Å². The summed E-state index contributed by atoms with van der Waals surface area (Å²) in [5.41, 5.74) is 0. The summed E-state index contributed by atoms with van der Waals surface area (Å²) in [6, 6.07) is 0. The Hall–Kier alpha value is -0.570. The fourth-order valence-electron chi connectivity index (χ4n) is 1.20. The van der Waals surface area contributed by atoms with Crippen LogP contribution in [0.2, 0.25) is 0 Å². The van der Waals surface area contributed by atoms with Crippen molar-refractivity contribution in [1.29, 1.82) is 0 Å². The molecule has 0 aliphatic rings. The number of hydrogen-bond acceptors (Lipinski definition) is 3. The van der Waals surface area contributed by atoms with Crippen molar-refractivity contribution < 1.29 is 14.6 Å². The Morgan fingerprint density at radius 2 is 1.92 bits per heavy atom. The van der Waals surface area contributed by atoms with Crippen LogP contribution in [0.25, 0.3) is 0 Å². The van der Waals surface area contributed by atoms with Gasteiger partial charge in [0.1, 0.15) is 0 Å². The van der Waals surface area contributed by atoms with Crippen LogP contribution in [0.3, 0.4) is 0 Å². The first-order chi connectivity index (χ1) is 6.22. The second kappa shape index (κ2) is 8.05. The zero-order chi connectivity index (χ0) is 10.1. The zero-order valence-corrected chi connectivity index (χ0v) is 8.58. The van der Waals surface area contributed by atoms with E-state index in [0.717, 1.165) is 12.8 Å². The van der Waals surface area contributed by atoms with Gasteiger partial charge in [-0.05, 0) is 6.42 Å². The molecule has 0 aromatic heterocycles. The third-order valence-corrected chi connectivity index (χ3v) is 2.05. The molecule has 0 fully saturated rings. The number of unbranched alkanes of at least 4 members (excludes halogenated alkanes) is 4. The third-order valence-electron chi connectivity index (χ3n) is 2.05. The van der Waals surface area contributed by atoms with Gasteiger partial charge in [-0.1, -0.05) is 39.0 Å². The molecule has 13 heavy (non-hydrogen) atoms. The minimum absolute atomic E-state index is 0.518. The lowest BCUT2D eigenvalue weighted by Gasteiger charge is -2.07. The summed E-state index contributed by atoms with van der Waals surface area (Å²) in [4.78, 5) is 10.8. The normalized spacial score (nSPS) is 12.5. The lowest BCUT2D eigenvalue weighted by molar-refractivity contribution is -0.150. The zero-order valence-electron chi connectivity index (χ0n) is 8.58. The molecule has 0 amide bonds. The summed E-state index contributed by atoms with van der Waals surface area (Å²) in [7, 11) is 1.29. The van der Waals surface area contributed by atoms with Crippen LogP contribution in [0.4, 0.5) is 0 Å². The molecule has 0 aliphatic heterocycles. The van der Waals surface area contributed by atoms with E-state index < -0.39 is 12.1 Å². The number of ether oxygens (including phenoxy) is 1. The van der Waals surface area contributed by atoms with Gasteiger partial charge < -0.3 is 9.84 Å². The fourth-order valence-corrected chi connectivity index (χ4v) is 1.20. The van der Waals surface area contributed by atoms with Crippen LogP contribution < -0.4 is 0 Å². The highest BCUT2D eigenvalue weighted by Crippen LogP contribution is 2.07. The third kappa shape index (κ3) is 6.58. The quantitative estimate of drug-likeness (QED) is 0.490. The second-order valence-corrected chi connectivity index (χ2v) is 3.24. The van der Waals surface area contributed by atoms with Gasteiger partial charge >= 0.3 is 5.97 Å². The summed E-state index contributed by atoms with van der Waals surface area (Å²) in [5.74, 6) is -0.518. The lowest BCUT2D eigenvalue weighted by Crippen LogP contribution is -2.21. The van der Waals surface area contributed by atoms with Crippen LogP contribution in [0.15, 0.2) is 0 Å². The molecule has 1 atom stereocenters. The summed E-state index contributed by atoms with van der Waals surface area (Å²) in [6.07, 6.45) is 5.21. The van der Waals surface area contributed by atoms with Crippen LogP contribution >= 0.6 is 0 Å². The Morgan fingerprint density at radius 1 is 1.31 bits per heavy atom. The van der Waals surface area contributed by atoms with E-state index in [1.165, 1.54) is 26.4 Å². The number of hydrogen-bond donors (Lipinski definition) is 1. The van der Waals surface area contributed by atoms with Gasteiger partial charge in [-0.25, -0.2) is 4.79 Å². The molecule has 0 unspecified atom stereocenters. The molecule has 1 N–H and O–H groups in total. The van der Waals surface area contributed by atoms with Gasteiger partial charge in [-0.2, -0.15) is 0 Å². The molecule has 0 heterocycles. The molecule has 0 saturated heterocycles. The minimum Gasteiger partial charge on any atom is -0.467 e. The van der Waals surface area contributed by atoms with Crippen molar-refractivity contribution in [2.24, 2.45) is 0 Å². The van der Waals surface area contributed by atoms with E-state index in [-0.39, 0.29) is 0 Å². The Bertz CT molecular complexity index is 134. The Labute approximate surface area is 80.1 Å². The average molecular weight is 188 g/mol. The highest BCUT2D eigenvalue weighted by Gasteiger charge is 2.13. The topological polar surface area (TPSA) is 46.5 Å². The van der Waals surface area contributed by atoms with Crippen LogP contribution in [0.5, 0.6) is 0 Å². The first-order valence-corrected chi connectivity index (χ1v) is 4.98. The maximum Gasteiger partial charge on any atom is 0.334 e. The number of rotatable bonds is 7. The van der Waals surface area contributed by atoms with Crippen LogP contribution in [0.1, 0.15) is 45.4 Å². The molecule has 0 bridgehead atoms. The molecule has 0 rings (SSSR count). The highest BCUT2D eigenvalue weighted by molar-refractivity contribution is 5.74. The van der Waals surface area contributed by atoms with Crippen molar-refractivity contribution in [2.45, 2.75) is 51.6 Å². The van der Waals surface area contributed by atoms with Crippen molar-refractivity contribution in [2.75, 3.05) is 7.11 Å². The number of aliphatic hydroxyl groups excluding tert-OH is 1. The molecule has 0 aliphatic carbocycles.